The van der Waals surface area contributed by atoms with E-state index in [1.807, 2.05) is 4.90 Å². The number of rotatable bonds is 7. The van der Waals surface area contributed by atoms with Crippen LogP contribution in [0.15, 0.2) is 12.1 Å². The number of carbonyl (C=O) groups excluding carboxylic acids is 1. The molecule has 0 saturated carbocycles. The van der Waals surface area contributed by atoms with E-state index in [9.17, 15) is 4.79 Å². The van der Waals surface area contributed by atoms with Crippen molar-refractivity contribution in [1.82, 2.24) is 4.90 Å². The highest BCUT2D eigenvalue weighted by Crippen LogP contribution is 2.29. The molecule has 118 valence electrons. The second-order valence-electron chi connectivity index (χ2n) is 4.82. The van der Waals surface area contributed by atoms with E-state index in [2.05, 4.69) is 13.8 Å². The number of nitrogens with zero attached hydrogens (tertiary/aromatic N) is 1. The van der Waals surface area contributed by atoms with E-state index in [1.165, 1.54) is 0 Å². The first-order valence-corrected chi connectivity index (χ1v) is 7.76. The van der Waals surface area contributed by atoms with Gasteiger partial charge in [0.25, 0.3) is 5.91 Å². The Morgan fingerprint density at radius 3 is 2.24 bits per heavy atom. The Balaban J connectivity index is 3.09. The van der Waals surface area contributed by atoms with E-state index in [0.717, 1.165) is 12.8 Å². The average molecular weight is 333 g/mol. The molecule has 6 heteroatoms. The fourth-order valence-corrected chi connectivity index (χ4v) is 2.73. The Labute approximate surface area is 136 Å². The van der Waals surface area contributed by atoms with Gasteiger partial charge in [0, 0.05) is 25.3 Å². The highest BCUT2D eigenvalue weighted by molar-refractivity contribution is 6.39. The molecule has 0 aromatic heterocycles. The standard InChI is InChI=1S/C15H22Cl2N2O2/c1-4-11(5-2)19(6-7-21-3)15(20)10-8-12(16)14(18)13(17)9-10/h8-9,11H,4-7,18H2,1-3H3. The van der Waals surface area contributed by atoms with Crippen molar-refractivity contribution in [3.8, 4) is 0 Å². The summed E-state index contributed by atoms with van der Waals surface area (Å²) in [5, 5.41) is 0.587. The van der Waals surface area contributed by atoms with Gasteiger partial charge in [-0.2, -0.15) is 0 Å². The molecule has 2 N–H and O–H groups in total. The van der Waals surface area contributed by atoms with Crippen LogP contribution in [0.4, 0.5) is 5.69 Å². The fraction of sp³-hybridized carbons (Fsp3) is 0.533. The topological polar surface area (TPSA) is 55.6 Å². The molecular weight excluding hydrogens is 311 g/mol. The van der Waals surface area contributed by atoms with Crippen molar-refractivity contribution in [3.05, 3.63) is 27.7 Å². The van der Waals surface area contributed by atoms with E-state index in [4.69, 9.17) is 33.7 Å². The number of halogens is 2. The van der Waals surface area contributed by atoms with Crippen LogP contribution in [0.3, 0.4) is 0 Å². The number of anilines is 1. The zero-order valence-corrected chi connectivity index (χ0v) is 14.2. The average Bonchev–Trinajstić information content (AvgIpc) is 2.47. The largest absolute Gasteiger partial charge is 0.396 e. The molecule has 0 atom stereocenters. The summed E-state index contributed by atoms with van der Waals surface area (Å²) in [5.41, 5.74) is 6.45. The van der Waals surface area contributed by atoms with Gasteiger partial charge < -0.3 is 15.4 Å². The summed E-state index contributed by atoms with van der Waals surface area (Å²) in [7, 11) is 1.62. The van der Waals surface area contributed by atoms with Crippen molar-refractivity contribution < 1.29 is 9.53 Å². The van der Waals surface area contributed by atoms with Crippen molar-refractivity contribution in [2.45, 2.75) is 32.7 Å². The van der Waals surface area contributed by atoms with Crippen molar-refractivity contribution in [3.63, 3.8) is 0 Å². The van der Waals surface area contributed by atoms with Crippen LogP contribution in [-0.2, 0) is 4.74 Å². The normalized spacial score (nSPS) is 11.0. The lowest BCUT2D eigenvalue weighted by Gasteiger charge is -2.30. The van der Waals surface area contributed by atoms with Crippen LogP contribution in [0, 0.1) is 0 Å². The number of nitrogens with two attached hydrogens (primary N) is 1. The van der Waals surface area contributed by atoms with Gasteiger partial charge >= 0.3 is 0 Å². The number of hydrogen-bond donors (Lipinski definition) is 1. The summed E-state index contributed by atoms with van der Waals surface area (Å²) < 4.78 is 5.10. The monoisotopic (exact) mass is 332 g/mol. The maximum atomic E-state index is 12.7. The molecule has 1 aromatic carbocycles. The molecule has 1 rings (SSSR count). The van der Waals surface area contributed by atoms with Gasteiger partial charge in [-0.3, -0.25) is 4.79 Å². The van der Waals surface area contributed by atoms with Gasteiger partial charge in [0.05, 0.1) is 22.3 Å². The molecule has 0 spiro atoms. The van der Waals surface area contributed by atoms with E-state index in [1.54, 1.807) is 19.2 Å². The summed E-state index contributed by atoms with van der Waals surface area (Å²) in [6.07, 6.45) is 1.75. The van der Waals surface area contributed by atoms with Crippen LogP contribution >= 0.6 is 23.2 Å². The van der Waals surface area contributed by atoms with E-state index >= 15 is 0 Å². The molecule has 4 nitrogen and oxygen atoms in total. The van der Waals surface area contributed by atoms with Crippen LogP contribution in [0.25, 0.3) is 0 Å². The van der Waals surface area contributed by atoms with Crippen LogP contribution in [-0.4, -0.2) is 37.1 Å². The maximum Gasteiger partial charge on any atom is 0.254 e. The molecule has 0 heterocycles. The van der Waals surface area contributed by atoms with Gasteiger partial charge in [0.2, 0.25) is 0 Å². The summed E-state index contributed by atoms with van der Waals surface area (Å²) in [4.78, 5) is 14.5. The van der Waals surface area contributed by atoms with Gasteiger partial charge in [-0.25, -0.2) is 0 Å². The third-order valence-electron chi connectivity index (χ3n) is 3.51. The Hall–Kier alpha value is -0.970. The zero-order valence-electron chi connectivity index (χ0n) is 12.7. The molecule has 0 bridgehead atoms. The van der Waals surface area contributed by atoms with Gasteiger partial charge in [0.1, 0.15) is 0 Å². The smallest absolute Gasteiger partial charge is 0.254 e. The zero-order chi connectivity index (χ0) is 16.0. The minimum atomic E-state index is -0.107. The molecule has 1 aromatic rings. The highest BCUT2D eigenvalue weighted by atomic mass is 35.5. The molecule has 1 amide bonds. The molecule has 0 fully saturated rings. The van der Waals surface area contributed by atoms with E-state index in [-0.39, 0.29) is 11.9 Å². The summed E-state index contributed by atoms with van der Waals surface area (Å²) in [6.45, 7) is 5.13. The number of carbonyl (C=O) groups is 1. The molecule has 0 radical (unpaired) electrons. The summed E-state index contributed by atoms with van der Waals surface area (Å²) in [6, 6.07) is 3.28. The van der Waals surface area contributed by atoms with E-state index in [0.29, 0.717) is 34.4 Å². The number of benzene rings is 1. The Morgan fingerprint density at radius 2 is 1.81 bits per heavy atom. The molecule has 0 aliphatic heterocycles. The van der Waals surface area contributed by atoms with Crippen molar-refractivity contribution in [2.24, 2.45) is 0 Å². The Morgan fingerprint density at radius 1 is 1.29 bits per heavy atom. The Kier molecular flexibility index (Phi) is 7.29. The van der Waals surface area contributed by atoms with Crippen LogP contribution in [0.1, 0.15) is 37.0 Å². The lowest BCUT2D eigenvalue weighted by atomic mass is 10.1. The minimum Gasteiger partial charge on any atom is -0.396 e. The highest BCUT2D eigenvalue weighted by Gasteiger charge is 2.23. The first-order chi connectivity index (χ1) is 9.96. The lowest BCUT2D eigenvalue weighted by molar-refractivity contribution is 0.0589. The van der Waals surface area contributed by atoms with Crippen LogP contribution < -0.4 is 5.73 Å². The second-order valence-corrected chi connectivity index (χ2v) is 5.63. The van der Waals surface area contributed by atoms with E-state index < -0.39 is 0 Å². The first-order valence-electron chi connectivity index (χ1n) is 7.00. The van der Waals surface area contributed by atoms with Crippen LogP contribution in [0.5, 0.6) is 0 Å². The number of hydrogen-bond acceptors (Lipinski definition) is 3. The predicted molar refractivity (Wildman–Crippen MR) is 88.2 cm³/mol. The quantitative estimate of drug-likeness (QED) is 0.771. The molecular formula is C15H22Cl2N2O2. The van der Waals surface area contributed by atoms with Gasteiger partial charge in [-0.1, -0.05) is 37.0 Å². The molecule has 0 aliphatic rings. The van der Waals surface area contributed by atoms with Gasteiger partial charge in [-0.05, 0) is 25.0 Å². The molecule has 0 saturated heterocycles. The number of amides is 1. The minimum absolute atomic E-state index is 0.107. The molecule has 21 heavy (non-hydrogen) atoms. The number of ether oxygens (including phenoxy) is 1. The molecule has 0 aliphatic carbocycles. The Bertz CT molecular complexity index is 468. The first kappa shape index (κ1) is 18.1. The SMILES string of the molecule is CCC(CC)N(CCOC)C(=O)c1cc(Cl)c(N)c(Cl)c1. The fourth-order valence-electron chi connectivity index (χ4n) is 2.24. The third kappa shape index (κ3) is 4.50. The van der Waals surface area contributed by atoms with Crippen molar-refractivity contribution >= 4 is 34.8 Å². The predicted octanol–water partition coefficient (Wildman–Crippen LogP) is 3.85. The number of nitrogen functional groups attached to an aromatic ring is 1. The van der Waals surface area contributed by atoms with Crippen molar-refractivity contribution in [2.75, 3.05) is 26.0 Å². The summed E-state index contributed by atoms with van der Waals surface area (Å²) >= 11 is 12.0. The van der Waals surface area contributed by atoms with Crippen LogP contribution in [0.2, 0.25) is 10.0 Å². The van der Waals surface area contributed by atoms with Crippen molar-refractivity contribution in [1.29, 1.82) is 0 Å². The number of methoxy groups -OCH3 is 1. The second kappa shape index (κ2) is 8.47. The summed E-state index contributed by atoms with van der Waals surface area (Å²) in [5.74, 6) is -0.107. The van der Waals surface area contributed by atoms with Gasteiger partial charge in [0.15, 0.2) is 0 Å². The lowest BCUT2D eigenvalue weighted by Crippen LogP contribution is -2.41. The maximum absolute atomic E-state index is 12.7. The third-order valence-corrected chi connectivity index (χ3v) is 4.13. The molecule has 0 unspecified atom stereocenters. The van der Waals surface area contributed by atoms with Gasteiger partial charge in [-0.15, -0.1) is 0 Å².